The van der Waals surface area contributed by atoms with Crippen molar-refractivity contribution in [3.63, 3.8) is 0 Å². The van der Waals surface area contributed by atoms with E-state index in [1.807, 2.05) is 18.2 Å². The Morgan fingerprint density at radius 3 is 2.66 bits per heavy atom. The molecular weight excluding hydrogens is 392 g/mol. The number of methoxy groups -OCH3 is 2. The van der Waals surface area contributed by atoms with Crippen LogP contribution >= 0.6 is 0 Å². The lowest BCUT2D eigenvalue weighted by atomic mass is 10.0. The lowest BCUT2D eigenvalue weighted by molar-refractivity contribution is -0.117. The van der Waals surface area contributed by atoms with Crippen molar-refractivity contribution in [2.75, 3.05) is 38.9 Å². The third kappa shape index (κ3) is 5.07. The maximum atomic E-state index is 12.6. The van der Waals surface area contributed by atoms with Crippen molar-refractivity contribution in [2.24, 2.45) is 0 Å². The number of anilines is 1. The summed E-state index contributed by atoms with van der Waals surface area (Å²) in [5, 5.41) is 2.80. The molecule has 0 saturated carbocycles. The van der Waals surface area contributed by atoms with E-state index in [2.05, 4.69) is 10.2 Å². The average Bonchev–Trinajstić information content (AvgIpc) is 3.14. The molecule has 0 radical (unpaired) electrons. The van der Waals surface area contributed by atoms with Crippen LogP contribution in [0.4, 0.5) is 5.69 Å². The highest BCUT2D eigenvalue weighted by Gasteiger charge is 2.30. The Hall–Kier alpha value is -2.58. The molecule has 7 nitrogen and oxygen atoms in total. The third-order valence-corrected chi connectivity index (χ3v) is 6.16. The fraction of sp³-hybridized carbons (Fsp3) is 0.381. The van der Waals surface area contributed by atoms with Crippen molar-refractivity contribution >= 4 is 21.4 Å². The van der Waals surface area contributed by atoms with Crippen LogP contribution in [-0.4, -0.2) is 52.8 Å². The number of likely N-dealkylation sites (tertiary alicyclic amines) is 1. The number of carbonyl (C=O) groups is 1. The van der Waals surface area contributed by atoms with Crippen LogP contribution in [0.15, 0.2) is 47.4 Å². The van der Waals surface area contributed by atoms with Crippen LogP contribution < -0.4 is 14.8 Å². The summed E-state index contributed by atoms with van der Waals surface area (Å²) in [6, 6.07) is 12.0. The van der Waals surface area contributed by atoms with E-state index in [1.54, 1.807) is 26.4 Å². The predicted molar refractivity (Wildman–Crippen MR) is 111 cm³/mol. The fourth-order valence-corrected chi connectivity index (χ4v) is 4.32. The Morgan fingerprint density at radius 1 is 1.17 bits per heavy atom. The van der Waals surface area contributed by atoms with Gasteiger partial charge in [-0.15, -0.1) is 0 Å². The van der Waals surface area contributed by atoms with Gasteiger partial charge in [0.2, 0.25) is 5.91 Å². The summed E-state index contributed by atoms with van der Waals surface area (Å²) in [7, 11) is -0.0780. The topological polar surface area (TPSA) is 84.9 Å². The maximum absolute atomic E-state index is 12.6. The molecule has 1 atom stereocenters. The second-order valence-corrected chi connectivity index (χ2v) is 9.10. The molecule has 0 bridgehead atoms. The molecular formula is C21H26N2O5S. The number of sulfone groups is 1. The van der Waals surface area contributed by atoms with Gasteiger partial charge in [0.05, 0.1) is 25.7 Å². The van der Waals surface area contributed by atoms with Gasteiger partial charge in [0.1, 0.15) is 11.5 Å². The van der Waals surface area contributed by atoms with Gasteiger partial charge in [-0.1, -0.05) is 6.07 Å². The summed E-state index contributed by atoms with van der Waals surface area (Å²) in [5.41, 5.74) is 1.46. The normalized spacial score (nSPS) is 17.1. The van der Waals surface area contributed by atoms with Gasteiger partial charge in [-0.25, -0.2) is 8.42 Å². The van der Waals surface area contributed by atoms with Crippen LogP contribution in [0.25, 0.3) is 0 Å². The predicted octanol–water partition coefficient (Wildman–Crippen LogP) is 2.88. The minimum Gasteiger partial charge on any atom is -0.497 e. The highest BCUT2D eigenvalue weighted by molar-refractivity contribution is 7.90. The van der Waals surface area contributed by atoms with Gasteiger partial charge in [-0.3, -0.25) is 9.69 Å². The largest absolute Gasteiger partial charge is 0.497 e. The molecule has 0 unspecified atom stereocenters. The van der Waals surface area contributed by atoms with Gasteiger partial charge < -0.3 is 14.8 Å². The summed E-state index contributed by atoms with van der Waals surface area (Å²) in [5.74, 6) is 1.32. The van der Waals surface area contributed by atoms with E-state index in [-0.39, 0.29) is 23.4 Å². The highest BCUT2D eigenvalue weighted by Crippen LogP contribution is 2.38. The standard InChI is InChI=1S/C21H26N2O5S/c1-27-16-9-10-20(28-2)18(13-16)19-8-5-11-23(19)14-21(24)22-15-6-4-7-17(12-15)29(3,25)26/h4,6-7,9-10,12-13,19H,5,8,11,14H2,1-3H3,(H,22,24)/t19-/m1/s1. The van der Waals surface area contributed by atoms with Crippen LogP contribution in [-0.2, 0) is 14.6 Å². The number of rotatable bonds is 7. The second kappa shape index (κ2) is 8.84. The number of benzene rings is 2. The molecule has 2 aromatic carbocycles. The molecule has 156 valence electrons. The van der Waals surface area contributed by atoms with Crippen molar-refractivity contribution in [1.29, 1.82) is 0 Å². The molecule has 1 amide bonds. The molecule has 1 N–H and O–H groups in total. The maximum Gasteiger partial charge on any atom is 0.238 e. The van der Waals surface area contributed by atoms with Crippen molar-refractivity contribution in [3.05, 3.63) is 48.0 Å². The first-order chi connectivity index (χ1) is 13.8. The van der Waals surface area contributed by atoms with E-state index in [0.717, 1.165) is 42.7 Å². The molecule has 1 fully saturated rings. The van der Waals surface area contributed by atoms with Gasteiger partial charge in [0, 0.05) is 23.5 Å². The molecule has 3 rings (SSSR count). The Bertz CT molecular complexity index is 990. The summed E-state index contributed by atoms with van der Waals surface area (Å²) in [6.45, 7) is 0.996. The molecule has 1 aliphatic rings. The summed E-state index contributed by atoms with van der Waals surface area (Å²) in [6.07, 6.45) is 3.03. The molecule has 1 aliphatic heterocycles. The van der Waals surface area contributed by atoms with E-state index >= 15 is 0 Å². The summed E-state index contributed by atoms with van der Waals surface area (Å²) < 4.78 is 34.3. The van der Waals surface area contributed by atoms with Crippen LogP contribution in [0, 0.1) is 0 Å². The minimum atomic E-state index is -3.33. The number of amides is 1. The van der Waals surface area contributed by atoms with Crippen molar-refractivity contribution in [3.8, 4) is 11.5 Å². The first-order valence-corrected chi connectivity index (χ1v) is 11.3. The van der Waals surface area contributed by atoms with Crippen molar-refractivity contribution in [2.45, 2.75) is 23.8 Å². The zero-order chi connectivity index (χ0) is 21.0. The van der Waals surface area contributed by atoms with E-state index in [0.29, 0.717) is 5.69 Å². The quantitative estimate of drug-likeness (QED) is 0.744. The van der Waals surface area contributed by atoms with E-state index in [4.69, 9.17) is 9.47 Å². The number of carbonyl (C=O) groups excluding carboxylic acids is 1. The lowest BCUT2D eigenvalue weighted by Crippen LogP contribution is -2.33. The molecule has 2 aromatic rings. The lowest BCUT2D eigenvalue weighted by Gasteiger charge is -2.26. The van der Waals surface area contributed by atoms with E-state index in [1.165, 1.54) is 12.1 Å². The molecule has 1 heterocycles. The third-order valence-electron chi connectivity index (χ3n) is 5.05. The van der Waals surface area contributed by atoms with Gasteiger partial charge >= 0.3 is 0 Å². The monoisotopic (exact) mass is 418 g/mol. The molecule has 29 heavy (non-hydrogen) atoms. The zero-order valence-electron chi connectivity index (χ0n) is 16.8. The van der Waals surface area contributed by atoms with E-state index < -0.39 is 9.84 Å². The molecule has 0 aromatic heterocycles. The SMILES string of the molecule is COc1ccc(OC)c([C@H]2CCCN2CC(=O)Nc2cccc(S(C)(=O)=O)c2)c1. The van der Waals surface area contributed by atoms with Gasteiger partial charge in [-0.2, -0.15) is 0 Å². The van der Waals surface area contributed by atoms with E-state index in [9.17, 15) is 13.2 Å². The van der Waals surface area contributed by atoms with Crippen molar-refractivity contribution in [1.82, 2.24) is 4.90 Å². The number of hydrogen-bond donors (Lipinski definition) is 1. The molecule has 1 saturated heterocycles. The molecule has 8 heteroatoms. The number of hydrogen-bond acceptors (Lipinski definition) is 6. The first-order valence-electron chi connectivity index (χ1n) is 9.38. The number of ether oxygens (including phenoxy) is 2. The Balaban J connectivity index is 1.74. The smallest absolute Gasteiger partial charge is 0.238 e. The van der Waals surface area contributed by atoms with Crippen LogP contribution in [0.3, 0.4) is 0 Å². The average molecular weight is 419 g/mol. The number of nitrogens with one attached hydrogen (secondary N) is 1. The van der Waals surface area contributed by atoms with Gasteiger partial charge in [0.25, 0.3) is 0 Å². The van der Waals surface area contributed by atoms with Crippen LogP contribution in [0.1, 0.15) is 24.4 Å². The molecule has 0 aliphatic carbocycles. The minimum absolute atomic E-state index is 0.0492. The Labute approximate surface area is 171 Å². The molecule has 0 spiro atoms. The summed E-state index contributed by atoms with van der Waals surface area (Å²) in [4.78, 5) is 14.9. The Kier molecular flexibility index (Phi) is 6.44. The van der Waals surface area contributed by atoms with Gasteiger partial charge in [0.15, 0.2) is 9.84 Å². The Morgan fingerprint density at radius 2 is 1.97 bits per heavy atom. The van der Waals surface area contributed by atoms with Gasteiger partial charge in [-0.05, 0) is 55.8 Å². The first kappa shape index (κ1) is 21.1. The fourth-order valence-electron chi connectivity index (χ4n) is 3.66. The zero-order valence-corrected chi connectivity index (χ0v) is 17.7. The highest BCUT2D eigenvalue weighted by atomic mass is 32.2. The summed E-state index contributed by atoms with van der Waals surface area (Å²) >= 11 is 0. The second-order valence-electron chi connectivity index (χ2n) is 7.08. The van der Waals surface area contributed by atoms with Crippen LogP contribution in [0.5, 0.6) is 11.5 Å². The van der Waals surface area contributed by atoms with Crippen LogP contribution in [0.2, 0.25) is 0 Å². The van der Waals surface area contributed by atoms with Crippen molar-refractivity contribution < 1.29 is 22.7 Å². The number of nitrogens with zero attached hydrogens (tertiary/aromatic N) is 1.